The van der Waals surface area contributed by atoms with E-state index in [0.717, 1.165) is 18.9 Å². The molecule has 0 rings (SSSR count). The highest BCUT2D eigenvalue weighted by atomic mass is 16.5. The summed E-state index contributed by atoms with van der Waals surface area (Å²) in [6.45, 7) is 2.30. The highest BCUT2D eigenvalue weighted by Crippen LogP contribution is 2.17. The first kappa shape index (κ1) is 33.2. The molecule has 0 amide bonds. The number of nitrogens with zero attached hydrogens (tertiary/aromatic N) is 1. The van der Waals surface area contributed by atoms with Crippen LogP contribution in [0.2, 0.25) is 0 Å². The van der Waals surface area contributed by atoms with E-state index < -0.39 is 0 Å². The Kier molecular flexibility index (Phi) is 26.1. The van der Waals surface area contributed by atoms with Gasteiger partial charge >= 0.3 is 5.97 Å². The molecule has 0 bridgehead atoms. The van der Waals surface area contributed by atoms with Crippen LogP contribution in [0.25, 0.3) is 0 Å². The average molecular weight is 480 g/mol. The first-order valence-electron chi connectivity index (χ1n) is 15.0. The zero-order valence-corrected chi connectivity index (χ0v) is 23.8. The molecule has 0 aromatic rings. The minimum Gasteiger partial charge on any atom is -0.469 e. The van der Waals surface area contributed by atoms with Crippen molar-refractivity contribution in [2.45, 2.75) is 161 Å². The number of carbonyl (C=O) groups is 1. The monoisotopic (exact) mass is 479 g/mol. The van der Waals surface area contributed by atoms with E-state index in [9.17, 15) is 4.79 Å². The fourth-order valence-electron chi connectivity index (χ4n) is 4.75. The number of hydrogen-bond donors (Lipinski definition) is 0. The first-order valence-corrected chi connectivity index (χ1v) is 15.0. The molecule has 0 heterocycles. The molecule has 1 unspecified atom stereocenters. The Morgan fingerprint density at radius 3 is 1.50 bits per heavy atom. The number of esters is 1. The third kappa shape index (κ3) is 24.3. The van der Waals surface area contributed by atoms with Crippen molar-refractivity contribution >= 4 is 5.97 Å². The van der Waals surface area contributed by atoms with Crippen molar-refractivity contribution in [1.29, 1.82) is 0 Å². The molecule has 0 aliphatic rings. The zero-order chi connectivity index (χ0) is 25.1. The van der Waals surface area contributed by atoms with E-state index >= 15 is 0 Å². The Morgan fingerprint density at radius 2 is 1.06 bits per heavy atom. The van der Waals surface area contributed by atoms with Crippen LogP contribution in [0, 0.1) is 0 Å². The summed E-state index contributed by atoms with van der Waals surface area (Å²) >= 11 is 0. The molecule has 0 radical (unpaired) electrons. The summed E-state index contributed by atoms with van der Waals surface area (Å²) in [5, 5.41) is 0. The number of allylic oxidation sites excluding steroid dienone is 2. The highest BCUT2D eigenvalue weighted by Gasteiger charge is 2.10. The van der Waals surface area contributed by atoms with Gasteiger partial charge in [0.1, 0.15) is 0 Å². The number of rotatable bonds is 26. The summed E-state index contributed by atoms with van der Waals surface area (Å²) in [5.74, 6) is -0.0738. The second kappa shape index (κ2) is 26.8. The maximum Gasteiger partial charge on any atom is 0.305 e. The van der Waals surface area contributed by atoms with Crippen molar-refractivity contribution in [3.63, 3.8) is 0 Å². The lowest BCUT2D eigenvalue weighted by Crippen LogP contribution is -2.27. The van der Waals surface area contributed by atoms with Crippen LogP contribution < -0.4 is 0 Å². The number of ether oxygens (including phenoxy) is 1. The molecule has 0 aliphatic heterocycles. The fraction of sp³-hybridized carbons (Fsp3) is 0.903. The molecule has 0 saturated carbocycles. The van der Waals surface area contributed by atoms with Crippen LogP contribution >= 0.6 is 0 Å². The molecule has 0 fully saturated rings. The van der Waals surface area contributed by atoms with Gasteiger partial charge in [-0.2, -0.15) is 0 Å². The number of hydrogen-bond acceptors (Lipinski definition) is 3. The summed E-state index contributed by atoms with van der Waals surface area (Å²) in [5.41, 5.74) is 0. The van der Waals surface area contributed by atoms with Crippen LogP contribution in [-0.2, 0) is 9.53 Å². The van der Waals surface area contributed by atoms with E-state index in [1.54, 1.807) is 0 Å². The van der Waals surface area contributed by atoms with Crippen LogP contribution in [0.3, 0.4) is 0 Å². The number of carbonyl (C=O) groups excluding carboxylic acids is 1. The maximum absolute atomic E-state index is 11.0. The molecule has 3 nitrogen and oxygen atoms in total. The lowest BCUT2D eigenvalue weighted by Gasteiger charge is -2.24. The second-order valence-corrected chi connectivity index (χ2v) is 10.6. The highest BCUT2D eigenvalue weighted by molar-refractivity contribution is 5.68. The van der Waals surface area contributed by atoms with E-state index in [2.05, 4.69) is 42.8 Å². The standard InChI is InChI=1S/C31H61NO2/c1-5-6-7-21-24-27-30(32(2)3)28-25-22-19-17-15-13-11-9-8-10-12-14-16-18-20-23-26-29-31(33)34-4/h10,12,30H,5-9,11,13-29H2,1-4H3/b12-10-. The minimum atomic E-state index is -0.0738. The van der Waals surface area contributed by atoms with Gasteiger partial charge < -0.3 is 9.64 Å². The predicted molar refractivity (Wildman–Crippen MR) is 150 cm³/mol. The molecule has 0 saturated heterocycles. The van der Waals surface area contributed by atoms with Crippen LogP contribution in [0.15, 0.2) is 12.2 Å². The number of methoxy groups -OCH3 is 1. The molecule has 0 aromatic carbocycles. The minimum absolute atomic E-state index is 0.0738. The molecule has 0 aromatic heterocycles. The van der Waals surface area contributed by atoms with Gasteiger partial charge in [0.25, 0.3) is 0 Å². The molecular weight excluding hydrogens is 418 g/mol. The lowest BCUT2D eigenvalue weighted by atomic mass is 9.99. The van der Waals surface area contributed by atoms with Crippen LogP contribution in [-0.4, -0.2) is 38.1 Å². The summed E-state index contributed by atoms with van der Waals surface area (Å²) in [6, 6.07) is 0.799. The normalized spacial score (nSPS) is 12.6. The van der Waals surface area contributed by atoms with Gasteiger partial charge in [-0.25, -0.2) is 0 Å². The van der Waals surface area contributed by atoms with Crippen LogP contribution in [0.4, 0.5) is 0 Å². The SMILES string of the molecule is CCCCCCCC(CCCCCCCCCC/C=C\CCCCCCCC(=O)OC)N(C)C. The van der Waals surface area contributed by atoms with E-state index in [-0.39, 0.29) is 5.97 Å². The third-order valence-corrected chi connectivity index (χ3v) is 7.18. The Morgan fingerprint density at radius 1 is 0.647 bits per heavy atom. The van der Waals surface area contributed by atoms with Crippen LogP contribution in [0.5, 0.6) is 0 Å². The Hall–Kier alpha value is -0.830. The molecule has 0 aliphatic carbocycles. The molecule has 0 N–H and O–H groups in total. The van der Waals surface area contributed by atoms with E-state index in [1.165, 1.54) is 136 Å². The summed E-state index contributed by atoms with van der Waals surface area (Å²) in [4.78, 5) is 13.5. The Bertz CT molecular complexity index is 447. The molecular formula is C31H61NO2. The Balaban J connectivity index is 3.36. The van der Waals surface area contributed by atoms with Gasteiger partial charge in [-0.1, -0.05) is 115 Å². The van der Waals surface area contributed by atoms with Gasteiger partial charge in [-0.3, -0.25) is 4.79 Å². The van der Waals surface area contributed by atoms with Gasteiger partial charge in [0.15, 0.2) is 0 Å². The van der Waals surface area contributed by atoms with Crippen LogP contribution in [0.1, 0.15) is 155 Å². The molecule has 202 valence electrons. The van der Waals surface area contributed by atoms with Crippen molar-refractivity contribution in [1.82, 2.24) is 4.90 Å². The van der Waals surface area contributed by atoms with Crippen molar-refractivity contribution in [2.75, 3.05) is 21.2 Å². The smallest absolute Gasteiger partial charge is 0.305 e. The van der Waals surface area contributed by atoms with Gasteiger partial charge in [-0.05, 0) is 59.0 Å². The van der Waals surface area contributed by atoms with Crippen molar-refractivity contribution in [2.24, 2.45) is 0 Å². The third-order valence-electron chi connectivity index (χ3n) is 7.18. The summed E-state index contributed by atoms with van der Waals surface area (Å²) in [6.07, 6.45) is 34.8. The topological polar surface area (TPSA) is 29.5 Å². The lowest BCUT2D eigenvalue weighted by molar-refractivity contribution is -0.140. The molecule has 0 spiro atoms. The van der Waals surface area contributed by atoms with Gasteiger partial charge in [0.05, 0.1) is 7.11 Å². The second-order valence-electron chi connectivity index (χ2n) is 10.6. The molecule has 1 atom stereocenters. The van der Waals surface area contributed by atoms with Gasteiger partial charge in [0, 0.05) is 12.5 Å². The first-order chi connectivity index (χ1) is 16.6. The fourth-order valence-corrected chi connectivity index (χ4v) is 4.75. The van der Waals surface area contributed by atoms with Crippen molar-refractivity contribution in [3.8, 4) is 0 Å². The van der Waals surface area contributed by atoms with E-state index in [0.29, 0.717) is 6.42 Å². The largest absolute Gasteiger partial charge is 0.469 e. The average Bonchev–Trinajstić information content (AvgIpc) is 2.83. The Labute approximate surface area is 214 Å². The van der Waals surface area contributed by atoms with E-state index in [1.807, 2.05) is 0 Å². The molecule has 3 heteroatoms. The van der Waals surface area contributed by atoms with E-state index in [4.69, 9.17) is 0 Å². The predicted octanol–water partition coefficient (Wildman–Crippen LogP) is 9.64. The van der Waals surface area contributed by atoms with Crippen molar-refractivity contribution in [3.05, 3.63) is 12.2 Å². The molecule has 34 heavy (non-hydrogen) atoms. The van der Waals surface area contributed by atoms with Gasteiger partial charge in [-0.15, -0.1) is 0 Å². The number of unbranched alkanes of at least 4 members (excludes halogenated alkanes) is 17. The summed E-state index contributed by atoms with van der Waals surface area (Å²) in [7, 11) is 6.00. The quantitative estimate of drug-likeness (QED) is 0.0702. The van der Waals surface area contributed by atoms with Crippen molar-refractivity contribution < 1.29 is 9.53 Å². The van der Waals surface area contributed by atoms with Gasteiger partial charge in [0.2, 0.25) is 0 Å². The zero-order valence-electron chi connectivity index (χ0n) is 23.8. The maximum atomic E-state index is 11.0. The summed E-state index contributed by atoms with van der Waals surface area (Å²) < 4.78 is 4.67.